The molecule has 0 unspecified atom stereocenters. The maximum atomic E-state index is 12.2. The van der Waals surface area contributed by atoms with Crippen molar-refractivity contribution >= 4 is 11.8 Å². The van der Waals surface area contributed by atoms with E-state index in [4.69, 9.17) is 0 Å². The maximum Gasteiger partial charge on any atom is 0.274 e. The third-order valence-corrected chi connectivity index (χ3v) is 3.37. The molecule has 0 spiro atoms. The van der Waals surface area contributed by atoms with Gasteiger partial charge in [0.1, 0.15) is 5.69 Å². The highest BCUT2D eigenvalue weighted by molar-refractivity contribution is 5.92. The normalized spacial score (nSPS) is 16.2. The first kappa shape index (κ1) is 14.4. The molecule has 1 saturated heterocycles. The third-order valence-electron chi connectivity index (χ3n) is 3.37. The summed E-state index contributed by atoms with van der Waals surface area (Å²) in [6.45, 7) is 5.08. The summed E-state index contributed by atoms with van der Waals surface area (Å²) in [5.41, 5.74) is 0.359. The molecule has 108 valence electrons. The molecule has 0 aliphatic carbocycles. The van der Waals surface area contributed by atoms with Gasteiger partial charge in [0.05, 0.1) is 6.20 Å². The lowest BCUT2D eigenvalue weighted by Gasteiger charge is -2.31. The van der Waals surface area contributed by atoms with Gasteiger partial charge in [0.2, 0.25) is 5.91 Å². The summed E-state index contributed by atoms with van der Waals surface area (Å²) in [7, 11) is 0. The Balaban J connectivity index is 1.88. The van der Waals surface area contributed by atoms with Crippen LogP contribution in [0.15, 0.2) is 18.6 Å². The minimum Gasteiger partial charge on any atom is -0.354 e. The lowest BCUT2D eigenvalue weighted by atomic mass is 9.95. The van der Waals surface area contributed by atoms with Gasteiger partial charge >= 0.3 is 0 Å². The summed E-state index contributed by atoms with van der Waals surface area (Å²) in [6.07, 6.45) is 5.92. The number of hydrogen-bond acceptors (Lipinski definition) is 4. The fourth-order valence-electron chi connectivity index (χ4n) is 2.32. The van der Waals surface area contributed by atoms with E-state index in [1.165, 1.54) is 12.4 Å². The average Bonchev–Trinajstić information content (AvgIpc) is 2.47. The number of nitrogens with zero attached hydrogens (tertiary/aromatic N) is 3. The third kappa shape index (κ3) is 3.53. The van der Waals surface area contributed by atoms with E-state index in [9.17, 15) is 9.59 Å². The first-order valence-corrected chi connectivity index (χ1v) is 6.93. The van der Waals surface area contributed by atoms with Crippen molar-refractivity contribution in [2.45, 2.75) is 32.7 Å². The van der Waals surface area contributed by atoms with E-state index in [0.29, 0.717) is 31.6 Å². The summed E-state index contributed by atoms with van der Waals surface area (Å²) in [5, 5.41) is 2.92. The Morgan fingerprint density at radius 2 is 2.00 bits per heavy atom. The molecular weight excluding hydrogens is 256 g/mol. The molecule has 0 aromatic carbocycles. The molecule has 2 heterocycles. The van der Waals surface area contributed by atoms with E-state index in [0.717, 1.165) is 0 Å². The van der Waals surface area contributed by atoms with Crippen LogP contribution in [0.3, 0.4) is 0 Å². The highest BCUT2D eigenvalue weighted by Crippen LogP contribution is 2.18. The number of nitrogens with one attached hydrogen (secondary N) is 1. The minimum absolute atomic E-state index is 0.00306. The van der Waals surface area contributed by atoms with Crippen molar-refractivity contribution in [3.8, 4) is 0 Å². The van der Waals surface area contributed by atoms with Gasteiger partial charge in [-0.1, -0.05) is 0 Å². The van der Waals surface area contributed by atoms with E-state index in [-0.39, 0.29) is 23.8 Å². The van der Waals surface area contributed by atoms with Crippen LogP contribution >= 0.6 is 0 Å². The summed E-state index contributed by atoms with van der Waals surface area (Å²) >= 11 is 0. The Hall–Kier alpha value is -1.98. The number of likely N-dealkylation sites (tertiary alicyclic amines) is 1. The molecular formula is C14H20N4O2. The molecule has 1 aliphatic heterocycles. The lowest BCUT2D eigenvalue weighted by Crippen LogP contribution is -2.44. The van der Waals surface area contributed by atoms with Crippen molar-refractivity contribution in [1.82, 2.24) is 20.2 Å². The van der Waals surface area contributed by atoms with E-state index in [2.05, 4.69) is 15.3 Å². The largest absolute Gasteiger partial charge is 0.354 e. The van der Waals surface area contributed by atoms with Crippen molar-refractivity contribution < 1.29 is 9.59 Å². The Bertz CT molecular complexity index is 467. The minimum atomic E-state index is -0.110. The Kier molecular flexibility index (Phi) is 4.65. The summed E-state index contributed by atoms with van der Waals surface area (Å²) in [4.78, 5) is 33.8. The molecule has 0 saturated carbocycles. The van der Waals surface area contributed by atoms with Gasteiger partial charge in [0.15, 0.2) is 0 Å². The maximum absolute atomic E-state index is 12.2. The van der Waals surface area contributed by atoms with Gasteiger partial charge in [-0.05, 0) is 26.7 Å². The second-order valence-corrected chi connectivity index (χ2v) is 5.32. The molecule has 1 N–H and O–H groups in total. The number of amides is 2. The van der Waals surface area contributed by atoms with Gasteiger partial charge < -0.3 is 10.2 Å². The summed E-state index contributed by atoms with van der Waals surface area (Å²) in [5.74, 6) is -0.0178. The summed E-state index contributed by atoms with van der Waals surface area (Å²) < 4.78 is 0. The molecule has 2 rings (SSSR count). The zero-order valence-electron chi connectivity index (χ0n) is 11.9. The van der Waals surface area contributed by atoms with Gasteiger partial charge in [0, 0.05) is 37.4 Å². The van der Waals surface area contributed by atoms with E-state index in [1.54, 1.807) is 11.1 Å². The highest BCUT2D eigenvalue weighted by Gasteiger charge is 2.28. The van der Waals surface area contributed by atoms with E-state index < -0.39 is 0 Å². The molecule has 2 amide bonds. The van der Waals surface area contributed by atoms with Crippen LogP contribution in [-0.4, -0.2) is 45.8 Å². The zero-order valence-corrected chi connectivity index (χ0v) is 11.9. The zero-order chi connectivity index (χ0) is 14.5. The Labute approximate surface area is 118 Å². The number of carbonyl (C=O) groups excluding carboxylic acids is 2. The van der Waals surface area contributed by atoms with Gasteiger partial charge in [-0.2, -0.15) is 0 Å². The molecule has 0 radical (unpaired) electrons. The van der Waals surface area contributed by atoms with Crippen LogP contribution in [0.4, 0.5) is 0 Å². The molecule has 1 fully saturated rings. The van der Waals surface area contributed by atoms with Gasteiger partial charge in [-0.25, -0.2) is 4.98 Å². The molecule has 20 heavy (non-hydrogen) atoms. The number of hydrogen-bond donors (Lipinski definition) is 1. The Morgan fingerprint density at radius 3 is 2.55 bits per heavy atom. The van der Waals surface area contributed by atoms with Crippen LogP contribution in [0.25, 0.3) is 0 Å². The lowest BCUT2D eigenvalue weighted by molar-refractivity contribution is -0.126. The molecule has 6 heteroatoms. The van der Waals surface area contributed by atoms with Crippen LogP contribution in [0.5, 0.6) is 0 Å². The smallest absolute Gasteiger partial charge is 0.274 e. The first-order valence-electron chi connectivity index (χ1n) is 6.93. The average molecular weight is 276 g/mol. The predicted octanol–water partition coefficient (Wildman–Crippen LogP) is 0.853. The first-order chi connectivity index (χ1) is 9.58. The fourth-order valence-corrected chi connectivity index (χ4v) is 2.32. The molecule has 1 aromatic heterocycles. The van der Waals surface area contributed by atoms with E-state index >= 15 is 0 Å². The Morgan fingerprint density at radius 1 is 1.30 bits per heavy atom. The number of aromatic nitrogens is 2. The van der Waals surface area contributed by atoms with Crippen LogP contribution in [-0.2, 0) is 4.79 Å². The summed E-state index contributed by atoms with van der Waals surface area (Å²) in [6, 6.07) is 0.154. The standard InChI is InChI=1S/C14H20N4O2/c1-10(2)17-13(19)11-3-7-18(8-4-11)14(20)12-9-15-5-6-16-12/h5-6,9-11H,3-4,7-8H2,1-2H3,(H,17,19). The van der Waals surface area contributed by atoms with Crippen LogP contribution < -0.4 is 5.32 Å². The molecule has 0 bridgehead atoms. The van der Waals surface area contributed by atoms with Gasteiger partial charge in [0.25, 0.3) is 5.91 Å². The second-order valence-electron chi connectivity index (χ2n) is 5.32. The monoisotopic (exact) mass is 276 g/mol. The predicted molar refractivity (Wildman–Crippen MR) is 73.9 cm³/mol. The van der Waals surface area contributed by atoms with Crippen molar-refractivity contribution in [3.05, 3.63) is 24.3 Å². The number of rotatable bonds is 3. The molecule has 6 nitrogen and oxygen atoms in total. The molecule has 0 atom stereocenters. The van der Waals surface area contributed by atoms with Gasteiger partial charge in [-0.15, -0.1) is 0 Å². The van der Waals surface area contributed by atoms with Crippen LogP contribution in [0.2, 0.25) is 0 Å². The van der Waals surface area contributed by atoms with Crippen LogP contribution in [0.1, 0.15) is 37.2 Å². The molecule has 1 aliphatic rings. The highest BCUT2D eigenvalue weighted by atomic mass is 16.2. The second kappa shape index (κ2) is 6.45. The van der Waals surface area contributed by atoms with Crippen molar-refractivity contribution in [2.75, 3.05) is 13.1 Å². The topological polar surface area (TPSA) is 75.2 Å². The van der Waals surface area contributed by atoms with Crippen molar-refractivity contribution in [1.29, 1.82) is 0 Å². The SMILES string of the molecule is CC(C)NC(=O)C1CCN(C(=O)c2cnccn2)CC1. The number of piperidine rings is 1. The molecule has 1 aromatic rings. The van der Waals surface area contributed by atoms with Gasteiger partial charge in [-0.3, -0.25) is 14.6 Å². The number of carbonyl (C=O) groups is 2. The fraction of sp³-hybridized carbons (Fsp3) is 0.571. The quantitative estimate of drug-likeness (QED) is 0.888. The van der Waals surface area contributed by atoms with Crippen LogP contribution in [0, 0.1) is 5.92 Å². The van der Waals surface area contributed by atoms with Crippen molar-refractivity contribution in [3.63, 3.8) is 0 Å². The van der Waals surface area contributed by atoms with E-state index in [1.807, 2.05) is 13.8 Å². The van der Waals surface area contributed by atoms with Crippen molar-refractivity contribution in [2.24, 2.45) is 5.92 Å².